The van der Waals surface area contributed by atoms with Gasteiger partial charge in [0.1, 0.15) is 11.6 Å². The Morgan fingerprint density at radius 2 is 1.21 bits per heavy atom. The van der Waals surface area contributed by atoms with Crippen LogP contribution in [-0.2, 0) is 0 Å². The van der Waals surface area contributed by atoms with E-state index in [0.717, 1.165) is 12.1 Å². The number of hydrogen-bond acceptors (Lipinski definition) is 2. The van der Waals surface area contributed by atoms with Gasteiger partial charge in [0.05, 0.1) is 5.46 Å². The predicted octanol–water partition coefficient (Wildman–Crippen LogP) is 4.23. The Morgan fingerprint density at radius 3 is 1.83 bits per heavy atom. The molecule has 0 unspecified atom stereocenters. The second-order valence-corrected chi connectivity index (χ2v) is 5.70. The highest BCUT2D eigenvalue weighted by Crippen LogP contribution is 2.33. The van der Waals surface area contributed by atoms with E-state index in [1.54, 1.807) is 0 Å². The summed E-state index contributed by atoms with van der Waals surface area (Å²) in [6.07, 6.45) is 0. The topological polar surface area (TPSA) is 29.5 Å². The Balaban J connectivity index is 2.09. The van der Waals surface area contributed by atoms with Gasteiger partial charge in [-0.05, 0) is 12.1 Å². The molecule has 0 atom stereocenters. The Hall–Kier alpha value is -3.08. The molecule has 0 spiro atoms. The van der Waals surface area contributed by atoms with Crippen molar-refractivity contribution in [2.75, 3.05) is 0 Å². The van der Waals surface area contributed by atoms with Gasteiger partial charge in [-0.3, -0.25) is 0 Å². The van der Waals surface area contributed by atoms with Crippen molar-refractivity contribution in [2.45, 2.75) is 0 Å². The van der Waals surface area contributed by atoms with E-state index >= 15 is 0 Å². The minimum atomic E-state index is -2.72. The third-order valence-corrected chi connectivity index (χ3v) is 3.90. The molecule has 0 aliphatic rings. The van der Waals surface area contributed by atoms with Gasteiger partial charge in [-0.1, -0.05) is 18.2 Å². The third-order valence-electron chi connectivity index (χ3n) is 3.90. The average Bonchev–Trinajstić information content (AvgIpc) is 2.68. The minimum Gasteiger partial charge on any atom is -0.532 e. The number of halogens is 8. The van der Waals surface area contributed by atoms with Gasteiger partial charge in [0.15, 0.2) is 40.7 Å². The maximum atomic E-state index is 14.1. The molecule has 3 rings (SSSR count). The summed E-state index contributed by atoms with van der Waals surface area (Å²) >= 11 is 0. The highest BCUT2D eigenvalue weighted by atomic mass is 19.2. The average molecular weight is 418 g/mol. The fourth-order valence-corrected chi connectivity index (χ4v) is 2.56. The molecule has 0 bridgehead atoms. The van der Waals surface area contributed by atoms with Gasteiger partial charge in [-0.15, -0.1) is 0 Å². The molecule has 0 aliphatic carbocycles. The van der Waals surface area contributed by atoms with Gasteiger partial charge < -0.3 is 9.68 Å². The summed E-state index contributed by atoms with van der Waals surface area (Å²) in [5, 5.41) is 9.93. The second-order valence-electron chi connectivity index (χ2n) is 5.70. The summed E-state index contributed by atoms with van der Waals surface area (Å²) in [7, 11) is -2.72. The van der Waals surface area contributed by atoms with Crippen molar-refractivity contribution in [3.05, 3.63) is 82.9 Å². The summed E-state index contributed by atoms with van der Waals surface area (Å²) in [5.74, 6) is -16.5. The van der Waals surface area contributed by atoms with Crippen LogP contribution >= 0.6 is 0 Å². The molecule has 0 heterocycles. The van der Waals surface area contributed by atoms with Crippen LogP contribution in [0.5, 0.6) is 5.75 Å². The largest absolute Gasteiger partial charge is 0.566 e. The molecule has 150 valence electrons. The summed E-state index contributed by atoms with van der Waals surface area (Å²) in [6, 6.07) is 5.51. The lowest BCUT2D eigenvalue weighted by molar-refractivity contribution is 0.374. The molecular weight excluding hydrogens is 411 g/mol. The molecule has 0 fully saturated rings. The van der Waals surface area contributed by atoms with Crippen LogP contribution in [0.2, 0.25) is 0 Å². The lowest BCUT2D eigenvalue weighted by Crippen LogP contribution is -2.43. The van der Waals surface area contributed by atoms with Crippen molar-refractivity contribution in [3.63, 3.8) is 0 Å². The Labute approximate surface area is 158 Å². The van der Waals surface area contributed by atoms with E-state index < -0.39 is 70.4 Å². The highest BCUT2D eigenvalue weighted by molar-refractivity contribution is 6.61. The first-order chi connectivity index (χ1) is 13.6. The molecule has 0 saturated heterocycles. The van der Waals surface area contributed by atoms with E-state index in [-0.39, 0.29) is 11.6 Å². The van der Waals surface area contributed by atoms with Gasteiger partial charge in [0.2, 0.25) is 0 Å². The molecule has 0 aliphatic heterocycles. The van der Waals surface area contributed by atoms with E-state index in [1.807, 2.05) is 0 Å². The number of benzene rings is 3. The number of rotatable bonds is 4. The lowest BCUT2D eigenvalue weighted by Gasteiger charge is -2.16. The van der Waals surface area contributed by atoms with Crippen molar-refractivity contribution in [1.82, 2.24) is 0 Å². The number of para-hydroxylation sites is 1. The zero-order chi connectivity index (χ0) is 21.5. The van der Waals surface area contributed by atoms with Crippen molar-refractivity contribution < 1.29 is 44.8 Å². The Kier molecular flexibility index (Phi) is 5.51. The molecule has 0 amide bonds. The zero-order valence-corrected chi connectivity index (χ0v) is 13.9. The molecule has 0 radical (unpaired) electrons. The van der Waals surface area contributed by atoms with Gasteiger partial charge >= 0.3 is 7.12 Å². The van der Waals surface area contributed by atoms with Crippen LogP contribution in [0.15, 0.2) is 36.4 Å². The van der Waals surface area contributed by atoms with Crippen molar-refractivity contribution >= 4 is 12.6 Å². The molecular formula is C18H7BF8O2. The number of hydrogen-bond donors (Lipinski definition) is 1. The Morgan fingerprint density at radius 1 is 0.655 bits per heavy atom. The maximum Gasteiger partial charge on any atom is 0.566 e. The van der Waals surface area contributed by atoms with Crippen molar-refractivity contribution in [1.29, 1.82) is 0 Å². The second kappa shape index (κ2) is 7.74. The summed E-state index contributed by atoms with van der Waals surface area (Å²) < 4.78 is 113. The summed E-state index contributed by atoms with van der Waals surface area (Å²) in [5.41, 5.74) is -2.71. The van der Waals surface area contributed by atoms with E-state index in [9.17, 15) is 40.1 Å². The van der Waals surface area contributed by atoms with Gasteiger partial charge in [0.25, 0.3) is 0 Å². The van der Waals surface area contributed by atoms with E-state index in [0.29, 0.717) is 6.07 Å². The quantitative estimate of drug-likeness (QED) is 0.298. The van der Waals surface area contributed by atoms with Crippen LogP contribution in [0.4, 0.5) is 35.1 Å². The van der Waals surface area contributed by atoms with Crippen LogP contribution in [0.1, 0.15) is 0 Å². The summed E-state index contributed by atoms with van der Waals surface area (Å²) in [4.78, 5) is 0. The first-order valence-corrected chi connectivity index (χ1v) is 7.73. The monoisotopic (exact) mass is 418 g/mol. The fraction of sp³-hybridized carbons (Fsp3) is 0. The SMILES string of the molecule is OB(Oc1ccccc1-c1cc(F)cc(F)c1F)c1c(F)c(F)c(F)c(F)c1F. The molecule has 0 aromatic heterocycles. The normalized spacial score (nSPS) is 10.9. The van der Waals surface area contributed by atoms with Crippen LogP contribution in [0.25, 0.3) is 11.1 Å². The zero-order valence-electron chi connectivity index (χ0n) is 13.9. The molecule has 2 nitrogen and oxygen atoms in total. The van der Waals surface area contributed by atoms with Crippen LogP contribution in [0.3, 0.4) is 0 Å². The van der Waals surface area contributed by atoms with E-state index in [2.05, 4.69) is 0 Å². The highest BCUT2D eigenvalue weighted by Gasteiger charge is 2.35. The lowest BCUT2D eigenvalue weighted by atomic mass is 9.78. The van der Waals surface area contributed by atoms with Gasteiger partial charge in [-0.2, -0.15) is 0 Å². The van der Waals surface area contributed by atoms with E-state index in [1.165, 1.54) is 12.1 Å². The van der Waals surface area contributed by atoms with Gasteiger partial charge in [0, 0.05) is 17.2 Å². The van der Waals surface area contributed by atoms with Gasteiger partial charge in [-0.25, -0.2) is 35.1 Å². The predicted molar refractivity (Wildman–Crippen MR) is 86.2 cm³/mol. The smallest absolute Gasteiger partial charge is 0.532 e. The van der Waals surface area contributed by atoms with Crippen LogP contribution < -0.4 is 10.1 Å². The van der Waals surface area contributed by atoms with Crippen molar-refractivity contribution in [3.8, 4) is 16.9 Å². The molecule has 1 N–H and O–H groups in total. The summed E-state index contributed by atoms with van der Waals surface area (Å²) in [6.45, 7) is 0. The third kappa shape index (κ3) is 3.65. The van der Waals surface area contributed by atoms with E-state index in [4.69, 9.17) is 4.65 Å². The molecule has 29 heavy (non-hydrogen) atoms. The standard InChI is InChI=1S/C18H7BF8O2/c20-7-5-9(13(22)10(21)6-7)8-3-1-2-4-11(8)29-19(28)12-14(23)16(25)18(27)17(26)15(12)24/h1-6,28H. The van der Waals surface area contributed by atoms with Crippen LogP contribution in [0, 0.1) is 46.5 Å². The van der Waals surface area contributed by atoms with Crippen molar-refractivity contribution in [2.24, 2.45) is 0 Å². The molecule has 3 aromatic rings. The molecule has 11 heteroatoms. The Bertz CT molecular complexity index is 1080. The maximum absolute atomic E-state index is 14.1. The first kappa shape index (κ1) is 20.7. The molecule has 3 aromatic carbocycles. The van der Waals surface area contributed by atoms with Crippen LogP contribution in [-0.4, -0.2) is 12.1 Å². The first-order valence-electron chi connectivity index (χ1n) is 7.73. The minimum absolute atomic E-state index is 0.270. The molecule has 0 saturated carbocycles. The fourth-order valence-electron chi connectivity index (χ4n) is 2.56.